The lowest BCUT2D eigenvalue weighted by Crippen LogP contribution is -2.76. The molecule has 1 fully saturated rings. The van der Waals surface area contributed by atoms with Crippen molar-refractivity contribution in [3.05, 3.63) is 0 Å². The Balaban J connectivity index is 3.06. The Morgan fingerprint density at radius 1 is 1.16 bits per heavy atom. The third-order valence-corrected chi connectivity index (χ3v) is 2.33. The SMILES string of the molecule is O=S(=O)(F)OC(F)(F)C(F)(F)N1OC(F)(Cl)C1(F)F. The molecule has 5 nitrogen and oxygen atoms in total. The summed E-state index contributed by atoms with van der Waals surface area (Å²) >= 11 is 4.19. The molecule has 0 radical (unpaired) electrons. The fraction of sp³-hybridized carbons (Fsp3) is 1.00. The van der Waals surface area contributed by atoms with Crippen LogP contribution in [0.15, 0.2) is 0 Å². The molecule has 1 heterocycles. The highest BCUT2D eigenvalue weighted by molar-refractivity contribution is 7.81. The summed E-state index contributed by atoms with van der Waals surface area (Å²) in [5.41, 5.74) is 0. The molecule has 1 aliphatic rings. The van der Waals surface area contributed by atoms with Crippen molar-refractivity contribution in [2.75, 3.05) is 0 Å². The van der Waals surface area contributed by atoms with E-state index in [0.29, 0.717) is 0 Å². The van der Waals surface area contributed by atoms with Crippen LogP contribution in [-0.2, 0) is 19.5 Å². The van der Waals surface area contributed by atoms with E-state index in [1.165, 1.54) is 0 Å². The van der Waals surface area contributed by atoms with Crippen molar-refractivity contribution in [2.24, 2.45) is 0 Å². The number of alkyl halides is 8. The zero-order valence-corrected chi connectivity index (χ0v) is 9.46. The van der Waals surface area contributed by atoms with Gasteiger partial charge in [0.25, 0.3) is 0 Å². The van der Waals surface area contributed by atoms with E-state index in [4.69, 9.17) is 0 Å². The van der Waals surface area contributed by atoms with Gasteiger partial charge in [-0.2, -0.15) is 43.3 Å². The van der Waals surface area contributed by atoms with E-state index in [0.717, 1.165) is 0 Å². The molecular formula is C4ClF8NO4S. The minimum Gasteiger partial charge on any atom is -0.226 e. The van der Waals surface area contributed by atoms with E-state index in [9.17, 15) is 43.0 Å². The van der Waals surface area contributed by atoms with Crippen LogP contribution in [0.2, 0.25) is 0 Å². The molecule has 0 spiro atoms. The highest BCUT2D eigenvalue weighted by atomic mass is 35.5. The first kappa shape index (κ1) is 16.6. The lowest BCUT2D eigenvalue weighted by Gasteiger charge is -2.49. The standard InChI is InChI=1S/C4ClF8NO4S/c5-1(6)2(7,8)14(17-1)3(9,10)4(11,12)18-19(13,15)16. The maximum absolute atomic E-state index is 12.8. The molecule has 114 valence electrons. The van der Waals surface area contributed by atoms with E-state index < -0.39 is 39.1 Å². The number of rotatable bonds is 4. The van der Waals surface area contributed by atoms with Crippen LogP contribution in [0.5, 0.6) is 0 Å². The van der Waals surface area contributed by atoms with Gasteiger partial charge in [-0.15, -0.1) is 0 Å². The van der Waals surface area contributed by atoms with Gasteiger partial charge in [0.2, 0.25) is 0 Å². The zero-order chi connectivity index (χ0) is 15.5. The fourth-order valence-corrected chi connectivity index (χ4v) is 1.33. The van der Waals surface area contributed by atoms with Gasteiger partial charge in [-0.1, -0.05) is 3.89 Å². The van der Waals surface area contributed by atoms with Crippen LogP contribution in [-0.4, -0.2) is 37.0 Å². The minimum atomic E-state index is -6.63. The molecule has 0 aromatic rings. The summed E-state index contributed by atoms with van der Waals surface area (Å²) in [6, 6.07) is -11.7. The number of hydroxylamine groups is 2. The van der Waals surface area contributed by atoms with Crippen LogP contribution in [0, 0.1) is 0 Å². The van der Waals surface area contributed by atoms with Gasteiger partial charge in [0.1, 0.15) is 0 Å². The summed E-state index contributed by atoms with van der Waals surface area (Å²) in [6.07, 6.45) is -6.32. The molecule has 1 aliphatic heterocycles. The normalized spacial score (nSPS) is 29.1. The number of hydrogen-bond acceptors (Lipinski definition) is 5. The molecule has 1 atom stereocenters. The average molecular weight is 346 g/mol. The van der Waals surface area contributed by atoms with E-state index in [2.05, 4.69) is 16.4 Å². The molecular weight excluding hydrogens is 346 g/mol. The third kappa shape index (κ3) is 2.58. The van der Waals surface area contributed by atoms with Gasteiger partial charge in [0.05, 0.1) is 0 Å². The minimum absolute atomic E-state index is 2.01. The summed E-state index contributed by atoms with van der Waals surface area (Å²) in [5, 5.41) is -6.81. The number of nitrogens with zero attached hydrogens (tertiary/aromatic N) is 1. The maximum atomic E-state index is 12.8. The fourth-order valence-electron chi connectivity index (χ4n) is 0.833. The molecule has 1 rings (SSSR count). The van der Waals surface area contributed by atoms with Gasteiger partial charge < -0.3 is 0 Å². The summed E-state index contributed by atoms with van der Waals surface area (Å²) in [7, 11) is -6.63. The molecule has 0 amide bonds. The first-order valence-corrected chi connectivity index (χ1v) is 5.39. The van der Waals surface area contributed by atoms with Gasteiger partial charge in [-0.05, 0) is 16.7 Å². The monoisotopic (exact) mass is 345 g/mol. The van der Waals surface area contributed by atoms with Crippen molar-refractivity contribution in [3.63, 3.8) is 0 Å². The largest absolute Gasteiger partial charge is 0.453 e. The van der Waals surface area contributed by atoms with Gasteiger partial charge in [0, 0.05) is 0 Å². The van der Waals surface area contributed by atoms with Crippen LogP contribution < -0.4 is 0 Å². The Bertz CT molecular complexity index is 479. The molecule has 15 heteroatoms. The summed E-state index contributed by atoms with van der Waals surface area (Å²) in [5.74, 6) is 0. The van der Waals surface area contributed by atoms with Gasteiger partial charge in [-0.25, -0.2) is 4.84 Å². The lowest BCUT2D eigenvalue weighted by molar-refractivity contribution is -0.601. The predicted molar refractivity (Wildman–Crippen MR) is 38.6 cm³/mol. The second-order valence-electron chi connectivity index (χ2n) is 2.98. The quantitative estimate of drug-likeness (QED) is 0.338. The van der Waals surface area contributed by atoms with Gasteiger partial charge >= 0.3 is 34.0 Å². The molecule has 0 bridgehead atoms. The zero-order valence-electron chi connectivity index (χ0n) is 7.89. The van der Waals surface area contributed by atoms with Crippen LogP contribution in [0.4, 0.5) is 34.6 Å². The smallest absolute Gasteiger partial charge is 0.226 e. The topological polar surface area (TPSA) is 55.8 Å². The Morgan fingerprint density at radius 3 is 1.84 bits per heavy atom. The van der Waals surface area contributed by atoms with Crippen LogP contribution >= 0.6 is 11.6 Å². The molecule has 0 aromatic heterocycles. The lowest BCUT2D eigenvalue weighted by atomic mass is 10.3. The first-order chi connectivity index (χ1) is 8.05. The predicted octanol–water partition coefficient (Wildman–Crippen LogP) is 2.10. The van der Waals surface area contributed by atoms with E-state index in [-0.39, 0.29) is 0 Å². The first-order valence-electron chi connectivity index (χ1n) is 3.70. The Labute approximate surface area is 104 Å². The van der Waals surface area contributed by atoms with Crippen molar-refractivity contribution in [2.45, 2.75) is 23.5 Å². The summed E-state index contributed by atoms with van der Waals surface area (Å²) in [6.45, 7) is 0. The van der Waals surface area contributed by atoms with Gasteiger partial charge in [-0.3, -0.25) is 0 Å². The second kappa shape index (κ2) is 4.03. The molecule has 0 N–H and O–H groups in total. The Morgan fingerprint density at radius 2 is 1.58 bits per heavy atom. The molecule has 0 saturated carbocycles. The number of halogens is 9. The molecule has 1 saturated heterocycles. The highest BCUT2D eigenvalue weighted by Gasteiger charge is 2.84. The summed E-state index contributed by atoms with van der Waals surface area (Å²) in [4.78, 5) is 2.86. The van der Waals surface area contributed by atoms with E-state index in [1.54, 1.807) is 0 Å². The molecule has 19 heavy (non-hydrogen) atoms. The maximum Gasteiger partial charge on any atom is 0.453 e. The third-order valence-electron chi connectivity index (χ3n) is 1.62. The van der Waals surface area contributed by atoms with Crippen molar-refractivity contribution < 1.29 is 52.1 Å². The molecule has 0 aliphatic carbocycles. The Hall–Kier alpha value is -0.440. The van der Waals surface area contributed by atoms with Crippen LogP contribution in [0.3, 0.4) is 0 Å². The average Bonchev–Trinajstić information content (AvgIpc) is 2.09. The van der Waals surface area contributed by atoms with Crippen molar-refractivity contribution >= 4 is 22.1 Å². The molecule has 1 unspecified atom stereocenters. The van der Waals surface area contributed by atoms with Crippen molar-refractivity contribution in [1.29, 1.82) is 0 Å². The van der Waals surface area contributed by atoms with Gasteiger partial charge in [0.15, 0.2) is 0 Å². The second-order valence-corrected chi connectivity index (χ2v) is 4.42. The Kier molecular flexibility index (Phi) is 3.53. The molecule has 0 aromatic carbocycles. The number of hydrogen-bond donors (Lipinski definition) is 0. The highest BCUT2D eigenvalue weighted by Crippen LogP contribution is 2.57. The van der Waals surface area contributed by atoms with Crippen LogP contribution in [0.25, 0.3) is 0 Å². The van der Waals surface area contributed by atoms with Crippen LogP contribution in [0.1, 0.15) is 0 Å². The van der Waals surface area contributed by atoms with E-state index >= 15 is 0 Å². The summed E-state index contributed by atoms with van der Waals surface area (Å²) < 4.78 is 121. The van der Waals surface area contributed by atoms with Crippen molar-refractivity contribution in [3.8, 4) is 0 Å². The van der Waals surface area contributed by atoms with Crippen molar-refractivity contribution in [1.82, 2.24) is 5.06 Å². The van der Waals surface area contributed by atoms with E-state index in [1.807, 2.05) is 4.18 Å².